The predicted molar refractivity (Wildman–Crippen MR) is 113 cm³/mol. The molecule has 2 amide bonds. The van der Waals surface area contributed by atoms with E-state index in [9.17, 15) is 19.7 Å². The molecule has 2 aromatic rings. The summed E-state index contributed by atoms with van der Waals surface area (Å²) in [5, 5.41) is 10.7. The number of likely N-dealkylation sites (tertiary alicyclic amines) is 1. The lowest BCUT2D eigenvalue weighted by molar-refractivity contribution is -0.402. The maximum atomic E-state index is 12.7. The lowest BCUT2D eigenvalue weighted by Gasteiger charge is -2.42. The van der Waals surface area contributed by atoms with Crippen LogP contribution in [0.2, 0.25) is 0 Å². The van der Waals surface area contributed by atoms with Gasteiger partial charge in [0.1, 0.15) is 4.92 Å². The molecule has 0 N–H and O–H groups in total. The Morgan fingerprint density at radius 1 is 1.03 bits per heavy atom. The molecule has 9 heteroatoms. The molecule has 0 bridgehead atoms. The molecule has 3 heterocycles. The number of carbonyl (C=O) groups excluding carboxylic acids is 2. The number of piperazine rings is 1. The van der Waals surface area contributed by atoms with Crippen molar-refractivity contribution < 1.29 is 18.9 Å². The number of nitro groups is 1. The van der Waals surface area contributed by atoms with Crippen LogP contribution in [0.4, 0.5) is 5.88 Å². The highest BCUT2D eigenvalue weighted by molar-refractivity contribution is 5.94. The van der Waals surface area contributed by atoms with Gasteiger partial charge in [0.05, 0.1) is 12.0 Å². The van der Waals surface area contributed by atoms with Crippen molar-refractivity contribution in [2.45, 2.75) is 0 Å². The topological polar surface area (TPSA) is 100 Å². The van der Waals surface area contributed by atoms with E-state index in [-0.39, 0.29) is 17.6 Å². The molecule has 1 aromatic heterocycles. The van der Waals surface area contributed by atoms with Crippen molar-refractivity contribution >= 4 is 23.8 Å². The highest BCUT2D eigenvalue weighted by atomic mass is 16.6. The second kappa shape index (κ2) is 9.13. The molecule has 31 heavy (non-hydrogen) atoms. The summed E-state index contributed by atoms with van der Waals surface area (Å²) in [5.74, 6) is -1.12. The van der Waals surface area contributed by atoms with Crippen LogP contribution in [0.3, 0.4) is 0 Å². The van der Waals surface area contributed by atoms with E-state index < -0.39 is 16.7 Å². The fourth-order valence-electron chi connectivity index (χ4n) is 3.81. The molecule has 2 fully saturated rings. The van der Waals surface area contributed by atoms with Crippen LogP contribution in [0.1, 0.15) is 16.1 Å². The van der Waals surface area contributed by atoms with Crippen LogP contribution < -0.4 is 0 Å². The fraction of sp³-hybridized carbons (Fsp3) is 0.364. The van der Waals surface area contributed by atoms with Gasteiger partial charge in [0.15, 0.2) is 5.76 Å². The van der Waals surface area contributed by atoms with Crippen LogP contribution in [0.15, 0.2) is 53.0 Å². The Morgan fingerprint density at radius 3 is 2.39 bits per heavy atom. The lowest BCUT2D eigenvalue weighted by Crippen LogP contribution is -2.59. The Balaban J connectivity index is 1.20. The second-order valence-electron chi connectivity index (χ2n) is 7.74. The molecule has 9 nitrogen and oxygen atoms in total. The largest absolute Gasteiger partial charge is 0.433 e. The lowest BCUT2D eigenvalue weighted by atomic mass is 9.97. The molecule has 162 valence electrons. The molecule has 0 atom stereocenters. The van der Waals surface area contributed by atoms with Crippen LogP contribution in [-0.4, -0.2) is 77.3 Å². The summed E-state index contributed by atoms with van der Waals surface area (Å²) in [6.45, 7) is 4.45. The van der Waals surface area contributed by atoms with Crippen molar-refractivity contribution in [2.24, 2.45) is 5.92 Å². The van der Waals surface area contributed by atoms with E-state index in [4.69, 9.17) is 4.42 Å². The van der Waals surface area contributed by atoms with Gasteiger partial charge in [-0.2, -0.15) is 0 Å². The summed E-state index contributed by atoms with van der Waals surface area (Å²) in [4.78, 5) is 40.7. The molecule has 0 spiro atoms. The maximum Gasteiger partial charge on any atom is 0.433 e. The van der Waals surface area contributed by atoms with Crippen molar-refractivity contribution in [3.05, 3.63) is 70.0 Å². The van der Waals surface area contributed by atoms with Gasteiger partial charge in [-0.25, -0.2) is 0 Å². The van der Waals surface area contributed by atoms with Gasteiger partial charge in [-0.15, -0.1) is 0 Å². The molecular weight excluding hydrogens is 400 g/mol. The number of carbonyl (C=O) groups is 2. The molecule has 0 radical (unpaired) electrons. The molecule has 1 aromatic carbocycles. The average molecular weight is 424 g/mol. The van der Waals surface area contributed by atoms with Crippen LogP contribution in [0.5, 0.6) is 0 Å². The number of benzene rings is 1. The van der Waals surface area contributed by atoms with Crippen molar-refractivity contribution in [1.82, 2.24) is 14.7 Å². The van der Waals surface area contributed by atoms with Gasteiger partial charge in [-0.05, 0) is 11.6 Å². The number of furan rings is 1. The van der Waals surface area contributed by atoms with Gasteiger partial charge in [0.25, 0.3) is 5.91 Å². The Kier molecular flexibility index (Phi) is 6.13. The van der Waals surface area contributed by atoms with Gasteiger partial charge >= 0.3 is 5.88 Å². The van der Waals surface area contributed by atoms with E-state index in [2.05, 4.69) is 29.2 Å². The quantitative estimate of drug-likeness (QED) is 0.520. The summed E-state index contributed by atoms with van der Waals surface area (Å²) >= 11 is 0. The standard InChI is InChI=1S/C22H24N4O5/c27-21(18-15-25(16-18)22(28)19-8-9-20(31-19)26(29)30)24-13-11-23(12-14-24)10-4-7-17-5-2-1-3-6-17/h1-9,18H,10-16H2/b7-4+. The van der Waals surface area contributed by atoms with Crippen LogP contribution in [0, 0.1) is 16.0 Å². The Morgan fingerprint density at radius 2 is 1.74 bits per heavy atom. The molecule has 2 saturated heterocycles. The summed E-state index contributed by atoms with van der Waals surface area (Å²) < 4.78 is 4.95. The van der Waals surface area contributed by atoms with E-state index in [0.29, 0.717) is 26.2 Å². The van der Waals surface area contributed by atoms with E-state index in [1.165, 1.54) is 16.5 Å². The zero-order valence-corrected chi connectivity index (χ0v) is 17.1. The molecule has 0 saturated carbocycles. The molecule has 2 aliphatic rings. The zero-order chi connectivity index (χ0) is 21.8. The first-order valence-electron chi connectivity index (χ1n) is 10.3. The molecular formula is C22H24N4O5. The maximum absolute atomic E-state index is 12.7. The second-order valence-corrected chi connectivity index (χ2v) is 7.74. The van der Waals surface area contributed by atoms with Crippen molar-refractivity contribution in [3.63, 3.8) is 0 Å². The number of hydrogen-bond donors (Lipinski definition) is 0. The fourth-order valence-corrected chi connectivity index (χ4v) is 3.81. The summed E-state index contributed by atoms with van der Waals surface area (Å²) in [7, 11) is 0. The highest BCUT2D eigenvalue weighted by Gasteiger charge is 2.39. The third-order valence-corrected chi connectivity index (χ3v) is 5.66. The molecule has 0 unspecified atom stereocenters. The first-order valence-corrected chi connectivity index (χ1v) is 10.3. The normalized spacial score (nSPS) is 17.7. The van der Waals surface area contributed by atoms with Crippen molar-refractivity contribution in [3.8, 4) is 0 Å². The zero-order valence-electron chi connectivity index (χ0n) is 17.1. The van der Waals surface area contributed by atoms with Crippen molar-refractivity contribution in [2.75, 3.05) is 45.8 Å². The molecule has 4 rings (SSSR count). The minimum atomic E-state index is -0.684. The minimum Gasteiger partial charge on any atom is -0.395 e. The minimum absolute atomic E-state index is 0.0638. The van der Waals surface area contributed by atoms with E-state index in [1.807, 2.05) is 23.1 Å². The monoisotopic (exact) mass is 424 g/mol. The van der Waals surface area contributed by atoms with E-state index in [1.54, 1.807) is 0 Å². The number of nitrogens with zero attached hydrogens (tertiary/aromatic N) is 4. The molecule has 0 aliphatic carbocycles. The van der Waals surface area contributed by atoms with E-state index >= 15 is 0 Å². The van der Waals surface area contributed by atoms with Gasteiger partial charge in [0.2, 0.25) is 5.91 Å². The molecule has 2 aliphatic heterocycles. The van der Waals surface area contributed by atoms with Crippen molar-refractivity contribution in [1.29, 1.82) is 0 Å². The van der Waals surface area contributed by atoms with Crippen LogP contribution >= 0.6 is 0 Å². The summed E-state index contributed by atoms with van der Waals surface area (Å²) in [6, 6.07) is 12.6. The van der Waals surface area contributed by atoms with Crippen LogP contribution in [0.25, 0.3) is 6.08 Å². The first kappa shape index (κ1) is 20.8. The Labute approximate surface area is 179 Å². The SMILES string of the molecule is O=C(c1ccc([N+](=O)[O-])o1)N1CC(C(=O)N2CCN(C/C=C/c3ccccc3)CC2)C1. The number of hydrogen-bond acceptors (Lipinski definition) is 6. The smallest absolute Gasteiger partial charge is 0.395 e. The predicted octanol–water partition coefficient (Wildman–Crippen LogP) is 2.12. The first-order chi connectivity index (χ1) is 15.0. The summed E-state index contributed by atoms with van der Waals surface area (Å²) in [5.41, 5.74) is 1.17. The highest BCUT2D eigenvalue weighted by Crippen LogP contribution is 2.24. The van der Waals surface area contributed by atoms with Gasteiger partial charge < -0.3 is 14.2 Å². The number of amides is 2. The Bertz CT molecular complexity index is 973. The van der Waals surface area contributed by atoms with Crippen LogP contribution in [-0.2, 0) is 4.79 Å². The third-order valence-electron chi connectivity index (χ3n) is 5.66. The third kappa shape index (κ3) is 4.83. The van der Waals surface area contributed by atoms with E-state index in [0.717, 1.165) is 25.7 Å². The summed E-state index contributed by atoms with van der Waals surface area (Å²) in [6.07, 6.45) is 4.24. The average Bonchev–Trinajstić information content (AvgIpc) is 3.24. The van der Waals surface area contributed by atoms with Gasteiger partial charge in [-0.3, -0.25) is 24.6 Å². The number of rotatable bonds is 6. The van der Waals surface area contributed by atoms with Gasteiger partial charge in [-0.1, -0.05) is 42.5 Å². The Hall–Kier alpha value is -3.46. The van der Waals surface area contributed by atoms with Gasteiger partial charge in [0, 0.05) is 45.8 Å².